The summed E-state index contributed by atoms with van der Waals surface area (Å²) in [5.41, 5.74) is 1.02. The fraction of sp³-hybridized carbons (Fsp3) is 0.571. The second-order valence-corrected chi connectivity index (χ2v) is 4.77. The van der Waals surface area contributed by atoms with Crippen LogP contribution in [0.1, 0.15) is 49.7 Å². The highest BCUT2D eigenvalue weighted by atomic mass is 16.5. The maximum atomic E-state index is 11.1. The first-order valence-electron chi connectivity index (χ1n) is 6.54. The molecule has 0 saturated carbocycles. The molecule has 0 aliphatic heterocycles. The third-order valence-electron chi connectivity index (χ3n) is 2.71. The van der Waals surface area contributed by atoms with E-state index in [9.17, 15) is 4.79 Å². The number of aromatic carboxylic acids is 1. The van der Waals surface area contributed by atoms with Crippen LogP contribution in [-0.2, 0) is 4.74 Å². The minimum absolute atomic E-state index is 0.0581. The highest BCUT2D eigenvalue weighted by Crippen LogP contribution is 2.17. The topological polar surface area (TPSA) is 71.5 Å². The second-order valence-electron chi connectivity index (χ2n) is 4.77. The number of hydrogen-bond acceptors (Lipinski definition) is 4. The predicted molar refractivity (Wildman–Crippen MR) is 74.9 cm³/mol. The average Bonchev–Trinajstić information content (AvgIpc) is 2.36. The van der Waals surface area contributed by atoms with Crippen LogP contribution in [0, 0.1) is 0 Å². The van der Waals surface area contributed by atoms with Crippen LogP contribution in [0.3, 0.4) is 0 Å². The Morgan fingerprint density at radius 1 is 1.42 bits per heavy atom. The van der Waals surface area contributed by atoms with Crippen molar-refractivity contribution in [3.8, 4) is 0 Å². The molecule has 19 heavy (non-hydrogen) atoms. The molecule has 0 aliphatic rings. The van der Waals surface area contributed by atoms with Gasteiger partial charge in [0.25, 0.3) is 0 Å². The predicted octanol–water partition coefficient (Wildman–Crippen LogP) is 2.74. The summed E-state index contributed by atoms with van der Waals surface area (Å²) in [6.07, 6.45) is 0.0581. The average molecular weight is 266 g/mol. The number of ether oxygens (including phenoxy) is 1. The van der Waals surface area contributed by atoms with Crippen molar-refractivity contribution in [2.45, 2.75) is 39.7 Å². The van der Waals surface area contributed by atoms with Gasteiger partial charge < -0.3 is 15.2 Å². The van der Waals surface area contributed by atoms with Crippen molar-refractivity contribution in [3.63, 3.8) is 0 Å². The van der Waals surface area contributed by atoms with E-state index in [1.54, 1.807) is 12.1 Å². The molecule has 0 aliphatic carbocycles. The van der Waals surface area contributed by atoms with Crippen LogP contribution in [0.2, 0.25) is 0 Å². The van der Waals surface area contributed by atoms with Crippen molar-refractivity contribution in [3.05, 3.63) is 23.4 Å². The minimum Gasteiger partial charge on any atom is -0.478 e. The van der Waals surface area contributed by atoms with E-state index in [1.165, 1.54) is 0 Å². The monoisotopic (exact) mass is 266 g/mol. The van der Waals surface area contributed by atoms with Gasteiger partial charge in [-0.25, -0.2) is 9.78 Å². The standard InChI is InChI=1S/C14H22N2O3/c1-5-19-10(4)8-15-13-7-11(14(17)18)6-12(16-13)9(2)3/h6-7,9-10H,5,8H2,1-4H3,(H,15,16)(H,17,18). The number of aromatic nitrogens is 1. The lowest BCUT2D eigenvalue weighted by molar-refractivity contribution is 0.0696. The molecule has 0 spiro atoms. The number of carboxylic acid groups (broad SMARTS) is 1. The van der Waals surface area contributed by atoms with Gasteiger partial charge in [0.1, 0.15) is 5.82 Å². The van der Waals surface area contributed by atoms with Crippen molar-refractivity contribution in [1.29, 1.82) is 0 Å². The summed E-state index contributed by atoms with van der Waals surface area (Å²) in [6.45, 7) is 9.13. The van der Waals surface area contributed by atoms with Crippen molar-refractivity contribution < 1.29 is 14.6 Å². The molecule has 0 aromatic carbocycles. The quantitative estimate of drug-likeness (QED) is 0.794. The van der Waals surface area contributed by atoms with E-state index in [-0.39, 0.29) is 17.6 Å². The molecular weight excluding hydrogens is 244 g/mol. The summed E-state index contributed by atoms with van der Waals surface area (Å²) in [5.74, 6) is -0.176. The molecule has 1 aromatic heterocycles. The summed E-state index contributed by atoms with van der Waals surface area (Å²) < 4.78 is 5.41. The highest BCUT2D eigenvalue weighted by molar-refractivity contribution is 5.88. The van der Waals surface area contributed by atoms with E-state index in [1.807, 2.05) is 27.7 Å². The Bertz CT molecular complexity index is 433. The zero-order valence-electron chi connectivity index (χ0n) is 11.9. The van der Waals surface area contributed by atoms with Gasteiger partial charge in [-0.2, -0.15) is 0 Å². The number of rotatable bonds is 7. The number of hydrogen-bond donors (Lipinski definition) is 2. The number of pyridine rings is 1. The lowest BCUT2D eigenvalue weighted by Gasteiger charge is -2.15. The van der Waals surface area contributed by atoms with Gasteiger partial charge in [-0.05, 0) is 31.9 Å². The number of nitrogens with zero attached hydrogens (tertiary/aromatic N) is 1. The van der Waals surface area contributed by atoms with Gasteiger partial charge in [0.15, 0.2) is 0 Å². The molecule has 5 nitrogen and oxygen atoms in total. The van der Waals surface area contributed by atoms with Crippen molar-refractivity contribution in [2.24, 2.45) is 0 Å². The van der Waals surface area contributed by atoms with Crippen LogP contribution < -0.4 is 5.32 Å². The normalized spacial score (nSPS) is 12.5. The first kappa shape index (κ1) is 15.4. The Balaban J connectivity index is 2.84. The molecule has 5 heteroatoms. The fourth-order valence-electron chi connectivity index (χ4n) is 1.65. The van der Waals surface area contributed by atoms with E-state index in [2.05, 4.69) is 10.3 Å². The van der Waals surface area contributed by atoms with E-state index >= 15 is 0 Å². The lowest BCUT2D eigenvalue weighted by atomic mass is 10.1. The molecule has 1 unspecified atom stereocenters. The fourth-order valence-corrected chi connectivity index (χ4v) is 1.65. The SMILES string of the molecule is CCOC(C)CNc1cc(C(=O)O)cc(C(C)C)n1. The Hall–Kier alpha value is -1.62. The zero-order valence-corrected chi connectivity index (χ0v) is 11.9. The smallest absolute Gasteiger partial charge is 0.335 e. The van der Waals surface area contributed by atoms with E-state index in [0.717, 1.165) is 5.69 Å². The molecule has 0 fully saturated rings. The van der Waals surface area contributed by atoms with Gasteiger partial charge in [0.2, 0.25) is 0 Å². The Morgan fingerprint density at radius 2 is 2.11 bits per heavy atom. The van der Waals surface area contributed by atoms with Crippen LogP contribution in [0.25, 0.3) is 0 Å². The first-order chi connectivity index (χ1) is 8.93. The van der Waals surface area contributed by atoms with Gasteiger partial charge >= 0.3 is 5.97 Å². The molecular formula is C14H22N2O3. The molecule has 1 atom stereocenters. The Kier molecular flexibility index (Phi) is 5.76. The van der Waals surface area contributed by atoms with Crippen molar-refractivity contribution >= 4 is 11.8 Å². The van der Waals surface area contributed by atoms with Crippen LogP contribution in [-0.4, -0.2) is 35.3 Å². The third kappa shape index (κ3) is 4.87. The summed E-state index contributed by atoms with van der Waals surface area (Å²) >= 11 is 0. The van der Waals surface area contributed by atoms with Gasteiger partial charge in [-0.1, -0.05) is 13.8 Å². The van der Waals surface area contributed by atoms with Crippen LogP contribution in [0.5, 0.6) is 0 Å². The van der Waals surface area contributed by atoms with Crippen molar-refractivity contribution in [2.75, 3.05) is 18.5 Å². The molecule has 1 aromatic rings. The van der Waals surface area contributed by atoms with E-state index in [4.69, 9.17) is 9.84 Å². The molecule has 2 N–H and O–H groups in total. The van der Waals surface area contributed by atoms with Gasteiger partial charge in [-0.3, -0.25) is 0 Å². The largest absolute Gasteiger partial charge is 0.478 e. The Labute approximate surface area is 114 Å². The zero-order chi connectivity index (χ0) is 14.4. The molecule has 1 rings (SSSR count). The highest BCUT2D eigenvalue weighted by Gasteiger charge is 2.11. The number of nitrogens with one attached hydrogen (secondary N) is 1. The maximum Gasteiger partial charge on any atom is 0.335 e. The maximum absolute atomic E-state index is 11.1. The summed E-state index contributed by atoms with van der Waals surface area (Å²) in [7, 11) is 0. The van der Waals surface area contributed by atoms with Crippen molar-refractivity contribution in [1.82, 2.24) is 4.98 Å². The van der Waals surface area contributed by atoms with E-state index < -0.39 is 5.97 Å². The molecule has 1 heterocycles. The van der Waals surface area contributed by atoms with Gasteiger partial charge in [-0.15, -0.1) is 0 Å². The molecule has 0 radical (unpaired) electrons. The van der Waals surface area contributed by atoms with Crippen LogP contribution in [0.4, 0.5) is 5.82 Å². The Morgan fingerprint density at radius 3 is 2.63 bits per heavy atom. The number of carbonyl (C=O) groups is 1. The van der Waals surface area contributed by atoms with Gasteiger partial charge in [0.05, 0.1) is 11.7 Å². The summed E-state index contributed by atoms with van der Waals surface area (Å²) in [5, 5.41) is 12.2. The molecule has 0 saturated heterocycles. The molecule has 106 valence electrons. The van der Waals surface area contributed by atoms with Gasteiger partial charge in [0, 0.05) is 18.8 Å². The first-order valence-corrected chi connectivity index (χ1v) is 6.54. The van der Waals surface area contributed by atoms with Crippen LogP contribution in [0.15, 0.2) is 12.1 Å². The minimum atomic E-state index is -0.940. The number of carboxylic acids is 1. The van der Waals surface area contributed by atoms with E-state index in [0.29, 0.717) is 19.0 Å². The second kappa shape index (κ2) is 7.09. The molecule has 0 amide bonds. The van der Waals surface area contributed by atoms with Crippen LogP contribution >= 0.6 is 0 Å². The third-order valence-corrected chi connectivity index (χ3v) is 2.71. The lowest BCUT2D eigenvalue weighted by Crippen LogP contribution is -2.20. The summed E-state index contributed by atoms with van der Waals surface area (Å²) in [4.78, 5) is 15.5. The molecule has 0 bridgehead atoms. The number of anilines is 1. The summed E-state index contributed by atoms with van der Waals surface area (Å²) in [6, 6.07) is 3.16.